The van der Waals surface area contributed by atoms with Crippen LogP contribution in [-0.4, -0.2) is 40.1 Å². The minimum absolute atomic E-state index is 0.0787. The number of ether oxygens (including phenoxy) is 2. The number of carbonyl (C=O) groups excluding carboxylic acids is 1. The summed E-state index contributed by atoms with van der Waals surface area (Å²) in [5.41, 5.74) is 3.24. The number of anilines is 1. The average Bonchev–Trinajstić information content (AvgIpc) is 3.12. The zero-order valence-electron chi connectivity index (χ0n) is 16.0. The Morgan fingerprint density at radius 3 is 2.34 bits per heavy atom. The van der Waals surface area contributed by atoms with Crippen LogP contribution in [0.2, 0.25) is 0 Å². The van der Waals surface area contributed by atoms with Crippen molar-refractivity contribution in [2.24, 2.45) is 0 Å². The van der Waals surface area contributed by atoms with E-state index in [2.05, 4.69) is 20.0 Å². The Morgan fingerprint density at radius 1 is 1.00 bits per heavy atom. The van der Waals surface area contributed by atoms with Gasteiger partial charge in [0.05, 0.1) is 20.8 Å². The van der Waals surface area contributed by atoms with Gasteiger partial charge in [-0.05, 0) is 5.56 Å². The first-order valence-corrected chi connectivity index (χ1v) is 8.96. The first-order valence-electron chi connectivity index (χ1n) is 8.96. The molecule has 2 heterocycles. The van der Waals surface area contributed by atoms with Crippen molar-refractivity contribution in [1.29, 1.82) is 0 Å². The van der Waals surface area contributed by atoms with Gasteiger partial charge in [0.2, 0.25) is 11.8 Å². The van der Waals surface area contributed by atoms with Crippen molar-refractivity contribution in [2.45, 2.75) is 6.54 Å². The van der Waals surface area contributed by atoms with Crippen LogP contribution in [0.5, 0.6) is 5.88 Å². The first kappa shape index (κ1) is 18.4. The lowest BCUT2D eigenvalue weighted by Crippen LogP contribution is -2.14. The second-order valence-electron chi connectivity index (χ2n) is 6.23. The molecule has 0 saturated carbocycles. The van der Waals surface area contributed by atoms with Crippen LogP contribution in [0.4, 0.5) is 10.7 Å². The molecule has 4 aromatic rings. The topological polar surface area (TPSA) is 91.2 Å². The number of hydrogen-bond acceptors (Lipinski definition) is 6. The molecule has 0 unspecified atom stereocenters. The van der Waals surface area contributed by atoms with Crippen molar-refractivity contribution >= 4 is 23.1 Å². The highest BCUT2D eigenvalue weighted by Crippen LogP contribution is 2.34. The number of amides is 1. The van der Waals surface area contributed by atoms with Crippen molar-refractivity contribution in [3.8, 4) is 17.1 Å². The Morgan fingerprint density at radius 2 is 1.69 bits per heavy atom. The number of aromatic nitrogens is 4. The predicted octanol–water partition coefficient (Wildman–Crippen LogP) is 3.73. The largest absolute Gasteiger partial charge is 0.480 e. The third-order valence-electron chi connectivity index (χ3n) is 4.37. The van der Waals surface area contributed by atoms with Gasteiger partial charge in [-0.3, -0.25) is 5.32 Å². The van der Waals surface area contributed by atoms with Gasteiger partial charge in [0.1, 0.15) is 11.1 Å². The number of benzene rings is 2. The Balaban J connectivity index is 1.92. The summed E-state index contributed by atoms with van der Waals surface area (Å²) in [4.78, 5) is 20.5. The molecule has 0 fully saturated rings. The molecular weight excluding hydrogens is 370 g/mol. The van der Waals surface area contributed by atoms with Gasteiger partial charge in [0.15, 0.2) is 5.65 Å². The SMILES string of the molecule is COC(=O)Nc1nc(OC)c2c(-c3ccccc3)nn(Cc3ccccc3)c2n1. The number of fused-ring (bicyclic) bond motifs is 1. The molecule has 8 heteroatoms. The van der Waals surface area contributed by atoms with Gasteiger partial charge in [-0.25, -0.2) is 9.48 Å². The maximum Gasteiger partial charge on any atom is 0.413 e. The van der Waals surface area contributed by atoms with Crippen LogP contribution in [-0.2, 0) is 11.3 Å². The molecule has 8 nitrogen and oxygen atoms in total. The standard InChI is InChI=1S/C21H19N5O3/c1-28-19-16-17(15-11-7-4-8-12-15)25-26(13-14-9-5-3-6-10-14)18(16)22-20(23-19)24-21(27)29-2/h3-12H,13H2,1-2H3,(H,22,23,24,27). The fourth-order valence-electron chi connectivity index (χ4n) is 3.05. The average molecular weight is 389 g/mol. The van der Waals surface area contributed by atoms with E-state index in [-0.39, 0.29) is 5.95 Å². The summed E-state index contributed by atoms with van der Waals surface area (Å²) in [6.07, 6.45) is -0.663. The van der Waals surface area contributed by atoms with Crippen molar-refractivity contribution in [3.63, 3.8) is 0 Å². The minimum Gasteiger partial charge on any atom is -0.480 e. The minimum atomic E-state index is -0.663. The van der Waals surface area contributed by atoms with Gasteiger partial charge < -0.3 is 9.47 Å². The molecule has 146 valence electrons. The van der Waals surface area contributed by atoms with Crippen LogP contribution < -0.4 is 10.1 Å². The number of carbonyl (C=O) groups is 1. The number of nitrogens with zero attached hydrogens (tertiary/aromatic N) is 4. The smallest absolute Gasteiger partial charge is 0.413 e. The van der Waals surface area contributed by atoms with Crippen LogP contribution in [0.15, 0.2) is 60.7 Å². The predicted molar refractivity (Wildman–Crippen MR) is 109 cm³/mol. The van der Waals surface area contributed by atoms with Crippen molar-refractivity contribution in [1.82, 2.24) is 19.7 Å². The molecule has 2 aromatic carbocycles. The molecular formula is C21H19N5O3. The lowest BCUT2D eigenvalue weighted by molar-refractivity contribution is 0.186. The molecule has 0 spiro atoms. The summed E-state index contributed by atoms with van der Waals surface area (Å²) in [6, 6.07) is 19.7. The van der Waals surface area contributed by atoms with Crippen LogP contribution in [0.1, 0.15) is 5.56 Å². The molecule has 0 aliphatic rings. The van der Waals surface area contributed by atoms with Crippen LogP contribution >= 0.6 is 0 Å². The number of methoxy groups -OCH3 is 2. The van der Waals surface area contributed by atoms with E-state index in [1.807, 2.05) is 60.7 Å². The summed E-state index contributed by atoms with van der Waals surface area (Å²) in [6.45, 7) is 0.502. The van der Waals surface area contributed by atoms with Gasteiger partial charge in [0, 0.05) is 5.56 Å². The molecule has 0 saturated heterocycles. The maximum absolute atomic E-state index is 11.6. The Labute approximate surface area is 167 Å². The molecule has 0 aliphatic carbocycles. The van der Waals surface area contributed by atoms with E-state index in [9.17, 15) is 4.79 Å². The molecule has 0 atom stereocenters. The Hall–Kier alpha value is -3.94. The summed E-state index contributed by atoms with van der Waals surface area (Å²) in [5, 5.41) is 7.96. The zero-order valence-corrected chi connectivity index (χ0v) is 16.0. The fourth-order valence-corrected chi connectivity index (χ4v) is 3.05. The fraction of sp³-hybridized carbons (Fsp3) is 0.143. The molecule has 4 rings (SSSR count). The summed E-state index contributed by atoms with van der Waals surface area (Å²) in [5.74, 6) is 0.398. The highest BCUT2D eigenvalue weighted by molar-refractivity contribution is 5.96. The van der Waals surface area contributed by atoms with E-state index < -0.39 is 6.09 Å². The van der Waals surface area contributed by atoms with Crippen molar-refractivity contribution < 1.29 is 14.3 Å². The van der Waals surface area contributed by atoms with E-state index in [1.165, 1.54) is 14.2 Å². The van der Waals surface area contributed by atoms with Crippen LogP contribution in [0.3, 0.4) is 0 Å². The van der Waals surface area contributed by atoms with Crippen LogP contribution in [0.25, 0.3) is 22.3 Å². The third-order valence-corrected chi connectivity index (χ3v) is 4.37. The van der Waals surface area contributed by atoms with Gasteiger partial charge in [-0.1, -0.05) is 60.7 Å². The normalized spacial score (nSPS) is 10.7. The molecule has 0 bridgehead atoms. The van der Waals surface area contributed by atoms with Gasteiger partial charge >= 0.3 is 6.09 Å². The Bertz CT molecular complexity index is 1140. The molecule has 1 amide bonds. The van der Waals surface area contributed by atoms with Crippen molar-refractivity contribution in [2.75, 3.05) is 19.5 Å². The summed E-state index contributed by atoms with van der Waals surface area (Å²) < 4.78 is 11.9. The van der Waals surface area contributed by atoms with E-state index >= 15 is 0 Å². The molecule has 29 heavy (non-hydrogen) atoms. The number of hydrogen-bond donors (Lipinski definition) is 1. The van der Waals surface area contributed by atoms with E-state index in [0.29, 0.717) is 29.2 Å². The molecule has 2 aromatic heterocycles. The Kier molecular flexibility index (Phi) is 5.07. The summed E-state index contributed by atoms with van der Waals surface area (Å²) >= 11 is 0. The lowest BCUT2D eigenvalue weighted by Gasteiger charge is -2.08. The van der Waals surface area contributed by atoms with Gasteiger partial charge in [0.25, 0.3) is 0 Å². The highest BCUT2D eigenvalue weighted by atomic mass is 16.5. The molecule has 0 aliphatic heterocycles. The third kappa shape index (κ3) is 3.73. The second-order valence-corrected chi connectivity index (χ2v) is 6.23. The molecule has 1 N–H and O–H groups in total. The number of nitrogens with one attached hydrogen (secondary N) is 1. The number of rotatable bonds is 5. The zero-order chi connectivity index (χ0) is 20.2. The van der Waals surface area contributed by atoms with Crippen LogP contribution in [0, 0.1) is 0 Å². The highest BCUT2D eigenvalue weighted by Gasteiger charge is 2.21. The monoisotopic (exact) mass is 389 g/mol. The maximum atomic E-state index is 11.6. The molecule has 0 radical (unpaired) electrons. The van der Waals surface area contributed by atoms with Crippen molar-refractivity contribution in [3.05, 3.63) is 66.2 Å². The van der Waals surface area contributed by atoms with E-state index in [4.69, 9.17) is 9.84 Å². The van der Waals surface area contributed by atoms with Gasteiger partial charge in [-0.15, -0.1) is 0 Å². The summed E-state index contributed by atoms with van der Waals surface area (Å²) in [7, 11) is 2.80. The second kappa shape index (κ2) is 7.97. The van der Waals surface area contributed by atoms with Gasteiger partial charge in [-0.2, -0.15) is 15.1 Å². The van der Waals surface area contributed by atoms with E-state index in [0.717, 1.165) is 11.1 Å². The quantitative estimate of drug-likeness (QED) is 0.559. The lowest BCUT2D eigenvalue weighted by atomic mass is 10.1. The van der Waals surface area contributed by atoms with E-state index in [1.54, 1.807) is 4.68 Å². The first-order chi connectivity index (χ1) is 14.2.